The number of hydrogen-bond donors (Lipinski definition) is 0. The molecule has 0 aliphatic carbocycles. The van der Waals surface area contributed by atoms with Crippen molar-refractivity contribution >= 4 is 28.8 Å². The molecule has 0 fully saturated rings. The molecule has 3 aromatic rings. The summed E-state index contributed by atoms with van der Waals surface area (Å²) < 4.78 is 20.5. The van der Waals surface area contributed by atoms with Crippen molar-refractivity contribution in [1.82, 2.24) is 14.7 Å². The van der Waals surface area contributed by atoms with Crippen molar-refractivity contribution < 1.29 is 13.9 Å². The first-order valence-corrected chi connectivity index (χ1v) is 9.65. The third-order valence-electron chi connectivity index (χ3n) is 4.00. The predicted octanol–water partition coefficient (Wildman–Crippen LogP) is 4.61. The van der Waals surface area contributed by atoms with Crippen molar-refractivity contribution in [2.75, 3.05) is 7.05 Å². The summed E-state index contributed by atoms with van der Waals surface area (Å²) in [6.45, 7) is 3.30. The van der Waals surface area contributed by atoms with Crippen LogP contribution >= 0.6 is 22.9 Å². The van der Waals surface area contributed by atoms with Crippen LogP contribution in [0.25, 0.3) is 0 Å². The molecule has 0 aliphatic rings. The normalized spacial score (nSPS) is 10.8. The Hall–Kier alpha value is -2.38. The summed E-state index contributed by atoms with van der Waals surface area (Å²) in [6.07, 6.45) is 1.59. The predicted molar refractivity (Wildman–Crippen MR) is 104 cm³/mol. The van der Waals surface area contributed by atoms with Gasteiger partial charge in [-0.05, 0) is 30.5 Å². The van der Waals surface area contributed by atoms with Crippen LogP contribution in [0, 0.1) is 5.82 Å². The molecule has 1 aromatic carbocycles. The summed E-state index contributed by atoms with van der Waals surface area (Å²) >= 11 is 7.52. The van der Waals surface area contributed by atoms with Gasteiger partial charge in [0.05, 0.1) is 28.3 Å². The highest BCUT2D eigenvalue weighted by Gasteiger charge is 2.18. The highest BCUT2D eigenvalue weighted by molar-refractivity contribution is 7.12. The maximum atomic E-state index is 13.2. The molecule has 0 atom stereocenters. The van der Waals surface area contributed by atoms with E-state index in [2.05, 4.69) is 5.10 Å². The van der Waals surface area contributed by atoms with Crippen LogP contribution < -0.4 is 4.74 Å². The van der Waals surface area contributed by atoms with Crippen molar-refractivity contribution in [3.8, 4) is 5.75 Å². The van der Waals surface area contributed by atoms with Gasteiger partial charge in [-0.3, -0.25) is 9.48 Å². The van der Waals surface area contributed by atoms with Crippen LogP contribution in [0.4, 0.5) is 4.39 Å². The van der Waals surface area contributed by atoms with E-state index in [9.17, 15) is 9.18 Å². The zero-order chi connectivity index (χ0) is 19.4. The highest BCUT2D eigenvalue weighted by atomic mass is 35.5. The molecule has 0 N–H and O–H groups in total. The number of carbonyl (C=O) groups is 1. The summed E-state index contributed by atoms with van der Waals surface area (Å²) in [5, 5.41) is 6.60. The fraction of sp³-hybridized carbons (Fsp3) is 0.263. The van der Waals surface area contributed by atoms with Crippen LogP contribution in [-0.2, 0) is 19.7 Å². The van der Waals surface area contributed by atoms with Crippen molar-refractivity contribution in [1.29, 1.82) is 0 Å². The molecule has 142 valence electrons. The number of aryl methyl sites for hydroxylation is 1. The van der Waals surface area contributed by atoms with E-state index in [1.54, 1.807) is 41.0 Å². The second-order valence-electron chi connectivity index (χ2n) is 5.98. The van der Waals surface area contributed by atoms with E-state index in [0.717, 1.165) is 11.3 Å². The van der Waals surface area contributed by atoms with Crippen LogP contribution in [0.1, 0.15) is 27.9 Å². The average Bonchev–Trinajstić information content (AvgIpc) is 3.27. The van der Waals surface area contributed by atoms with Gasteiger partial charge in [-0.15, -0.1) is 11.3 Å². The van der Waals surface area contributed by atoms with Gasteiger partial charge in [-0.25, -0.2) is 4.39 Å². The first kappa shape index (κ1) is 19.4. The minimum Gasteiger partial charge on any atom is -0.489 e. The molecular formula is C19H19ClFN3O2S. The van der Waals surface area contributed by atoms with Gasteiger partial charge < -0.3 is 9.64 Å². The Morgan fingerprint density at radius 1 is 1.41 bits per heavy atom. The summed E-state index contributed by atoms with van der Waals surface area (Å²) in [7, 11) is 1.73. The Morgan fingerprint density at radius 2 is 2.22 bits per heavy atom. The van der Waals surface area contributed by atoms with Gasteiger partial charge in [-0.2, -0.15) is 5.10 Å². The van der Waals surface area contributed by atoms with Crippen LogP contribution in [-0.4, -0.2) is 27.6 Å². The lowest BCUT2D eigenvalue weighted by atomic mass is 10.3. The number of amides is 1. The number of hydrogen-bond acceptors (Lipinski definition) is 4. The summed E-state index contributed by atoms with van der Waals surface area (Å²) in [5.74, 6) is 0.00544. The van der Waals surface area contributed by atoms with E-state index in [1.165, 1.54) is 23.5 Å². The van der Waals surface area contributed by atoms with Crippen LogP contribution in [0.2, 0.25) is 5.02 Å². The summed E-state index contributed by atoms with van der Waals surface area (Å²) in [5.41, 5.74) is 1.67. The molecule has 0 spiro atoms. The van der Waals surface area contributed by atoms with Crippen molar-refractivity contribution in [3.63, 3.8) is 0 Å². The molecule has 2 heterocycles. The van der Waals surface area contributed by atoms with Gasteiger partial charge in [0.2, 0.25) is 0 Å². The molecule has 8 heteroatoms. The number of benzene rings is 1. The number of nitrogens with zero attached hydrogens (tertiary/aromatic N) is 3. The number of halogens is 2. The molecule has 2 aromatic heterocycles. The van der Waals surface area contributed by atoms with Gasteiger partial charge in [0, 0.05) is 25.2 Å². The van der Waals surface area contributed by atoms with Crippen molar-refractivity contribution in [2.24, 2.45) is 0 Å². The second-order valence-corrected chi connectivity index (χ2v) is 7.30. The van der Waals surface area contributed by atoms with Crippen LogP contribution in [0.15, 0.2) is 41.9 Å². The van der Waals surface area contributed by atoms with E-state index >= 15 is 0 Å². The zero-order valence-corrected chi connectivity index (χ0v) is 16.6. The second kappa shape index (κ2) is 8.54. The van der Waals surface area contributed by atoms with E-state index in [-0.39, 0.29) is 18.3 Å². The lowest BCUT2D eigenvalue weighted by Gasteiger charge is -2.17. The Bertz CT molecular complexity index is 941. The van der Waals surface area contributed by atoms with Gasteiger partial charge >= 0.3 is 0 Å². The number of rotatable bonds is 7. The molecular weight excluding hydrogens is 389 g/mol. The molecule has 3 rings (SSSR count). The lowest BCUT2D eigenvalue weighted by molar-refractivity contribution is 0.0786. The third kappa shape index (κ3) is 4.67. The number of thiophene rings is 1. The van der Waals surface area contributed by atoms with E-state index in [4.69, 9.17) is 16.3 Å². The molecule has 27 heavy (non-hydrogen) atoms. The summed E-state index contributed by atoms with van der Waals surface area (Å²) in [4.78, 5) is 14.9. The highest BCUT2D eigenvalue weighted by Crippen LogP contribution is 2.22. The minimum atomic E-state index is -0.347. The quantitative estimate of drug-likeness (QED) is 0.574. The van der Waals surface area contributed by atoms with E-state index < -0.39 is 0 Å². The molecule has 5 nitrogen and oxygen atoms in total. The molecule has 0 aliphatic heterocycles. The lowest BCUT2D eigenvalue weighted by Crippen LogP contribution is -2.27. The van der Waals surface area contributed by atoms with Gasteiger partial charge in [0.1, 0.15) is 18.2 Å². The minimum absolute atomic E-state index is 0.100. The largest absolute Gasteiger partial charge is 0.489 e. The Kier molecular flexibility index (Phi) is 6.13. The van der Waals surface area contributed by atoms with Gasteiger partial charge in [0.15, 0.2) is 0 Å². The maximum Gasteiger partial charge on any atom is 0.264 e. The van der Waals surface area contributed by atoms with Crippen molar-refractivity contribution in [3.05, 3.63) is 68.9 Å². The molecule has 0 saturated heterocycles. The first-order chi connectivity index (χ1) is 13.0. The van der Waals surface area contributed by atoms with E-state index in [0.29, 0.717) is 28.7 Å². The Labute approximate surface area is 165 Å². The SMILES string of the molecule is CCn1ncc(Cl)c1CN(C)C(=O)c1cc(COc2cccc(F)c2)cs1. The smallest absolute Gasteiger partial charge is 0.264 e. The Morgan fingerprint density at radius 3 is 2.96 bits per heavy atom. The molecule has 0 radical (unpaired) electrons. The maximum absolute atomic E-state index is 13.2. The van der Waals surface area contributed by atoms with E-state index in [1.807, 2.05) is 12.3 Å². The molecule has 1 amide bonds. The average molecular weight is 408 g/mol. The fourth-order valence-corrected chi connectivity index (χ4v) is 3.68. The molecule has 0 bridgehead atoms. The van der Waals surface area contributed by atoms with Crippen LogP contribution in [0.5, 0.6) is 5.75 Å². The standard InChI is InChI=1S/C19H19ClFN3O2S/c1-3-24-17(16(20)9-22-24)10-23(2)19(25)18-7-13(12-27-18)11-26-15-6-4-5-14(21)8-15/h4-9,12H,3,10-11H2,1-2H3. The van der Waals surface area contributed by atoms with Crippen LogP contribution in [0.3, 0.4) is 0 Å². The summed E-state index contributed by atoms with van der Waals surface area (Å²) in [6, 6.07) is 7.76. The monoisotopic (exact) mass is 407 g/mol. The van der Waals surface area contributed by atoms with Gasteiger partial charge in [0.25, 0.3) is 5.91 Å². The van der Waals surface area contributed by atoms with Crippen molar-refractivity contribution in [2.45, 2.75) is 26.6 Å². The number of aromatic nitrogens is 2. The number of carbonyl (C=O) groups excluding carboxylic acids is 1. The topological polar surface area (TPSA) is 47.4 Å². The fourth-order valence-electron chi connectivity index (χ4n) is 2.59. The van der Waals surface area contributed by atoms with Gasteiger partial charge in [-0.1, -0.05) is 17.7 Å². The number of ether oxygens (including phenoxy) is 1. The first-order valence-electron chi connectivity index (χ1n) is 8.39. The Balaban J connectivity index is 1.63. The molecule has 0 unspecified atom stereocenters. The third-order valence-corrected chi connectivity index (χ3v) is 5.28. The zero-order valence-electron chi connectivity index (χ0n) is 15.0. The molecule has 0 saturated carbocycles.